The number of alkyl halides is 3. The fourth-order valence-corrected chi connectivity index (χ4v) is 2.76. The third-order valence-corrected chi connectivity index (χ3v) is 4.09. The monoisotopic (exact) mass is 278 g/mol. The highest BCUT2D eigenvalue weighted by molar-refractivity contribution is 7.09. The molecule has 1 fully saturated rings. The van der Waals surface area contributed by atoms with Crippen LogP contribution in [0.1, 0.15) is 36.8 Å². The first kappa shape index (κ1) is 13.8. The Morgan fingerprint density at radius 2 is 2.17 bits per heavy atom. The molecule has 0 amide bonds. The molecular weight excluding hydrogens is 261 g/mol. The van der Waals surface area contributed by atoms with Crippen molar-refractivity contribution in [2.45, 2.75) is 38.9 Å². The molecule has 0 N–H and O–H groups in total. The van der Waals surface area contributed by atoms with Gasteiger partial charge in [0.2, 0.25) is 0 Å². The zero-order valence-electron chi connectivity index (χ0n) is 10.3. The van der Waals surface area contributed by atoms with Crippen LogP contribution in [0.15, 0.2) is 5.51 Å². The molecule has 0 atom stereocenters. The maximum atomic E-state index is 12.7. The fraction of sp³-hybridized carbons (Fsp3) is 0.750. The molecule has 0 saturated heterocycles. The Morgan fingerprint density at radius 1 is 1.44 bits per heavy atom. The highest BCUT2D eigenvalue weighted by Gasteiger charge is 2.36. The third kappa shape index (κ3) is 3.68. The Kier molecular flexibility index (Phi) is 4.27. The van der Waals surface area contributed by atoms with Crippen molar-refractivity contribution >= 4 is 11.3 Å². The average molecular weight is 278 g/mol. The second-order valence-electron chi connectivity index (χ2n) is 4.72. The Hall–Kier alpha value is -0.620. The molecule has 0 aromatic carbocycles. The zero-order valence-corrected chi connectivity index (χ0v) is 11.2. The maximum absolute atomic E-state index is 12.7. The summed E-state index contributed by atoms with van der Waals surface area (Å²) in [5.74, 6) is 0.808. The zero-order chi connectivity index (χ0) is 13.2. The Balaban J connectivity index is 1.95. The lowest BCUT2D eigenvalue weighted by molar-refractivity contribution is -0.141. The summed E-state index contributed by atoms with van der Waals surface area (Å²) >= 11 is 1.10. The van der Waals surface area contributed by atoms with Crippen molar-refractivity contribution in [3.05, 3.63) is 16.1 Å². The van der Waals surface area contributed by atoms with Gasteiger partial charge >= 0.3 is 6.18 Å². The van der Waals surface area contributed by atoms with Crippen molar-refractivity contribution < 1.29 is 13.2 Å². The van der Waals surface area contributed by atoms with E-state index in [9.17, 15) is 13.2 Å². The molecule has 1 aliphatic carbocycles. The summed E-state index contributed by atoms with van der Waals surface area (Å²) in [4.78, 5) is 5.85. The summed E-state index contributed by atoms with van der Waals surface area (Å²) in [6.45, 7) is 4.02. The molecule has 1 aliphatic rings. The molecule has 1 aromatic rings. The average Bonchev–Trinajstić information content (AvgIpc) is 3.00. The summed E-state index contributed by atoms with van der Waals surface area (Å²) in [5.41, 5.74) is 0.574. The van der Waals surface area contributed by atoms with Gasteiger partial charge in [-0.15, -0.1) is 11.3 Å². The van der Waals surface area contributed by atoms with Gasteiger partial charge in [-0.25, -0.2) is 4.98 Å². The van der Waals surface area contributed by atoms with Crippen LogP contribution in [0.5, 0.6) is 0 Å². The largest absolute Gasteiger partial charge is 0.434 e. The number of halogens is 3. The van der Waals surface area contributed by atoms with Crippen LogP contribution in [-0.4, -0.2) is 23.0 Å². The minimum atomic E-state index is -4.33. The second-order valence-corrected chi connectivity index (χ2v) is 5.66. The normalized spacial score (nSPS) is 16.5. The molecule has 1 aromatic heterocycles. The van der Waals surface area contributed by atoms with E-state index in [1.807, 2.05) is 6.92 Å². The van der Waals surface area contributed by atoms with Crippen LogP contribution in [0.2, 0.25) is 0 Å². The second kappa shape index (κ2) is 5.57. The molecule has 18 heavy (non-hydrogen) atoms. The van der Waals surface area contributed by atoms with Gasteiger partial charge in [-0.3, -0.25) is 4.90 Å². The summed E-state index contributed by atoms with van der Waals surface area (Å²) in [6, 6.07) is 0. The van der Waals surface area contributed by atoms with E-state index in [2.05, 4.69) is 9.88 Å². The molecule has 102 valence electrons. The topological polar surface area (TPSA) is 16.1 Å². The van der Waals surface area contributed by atoms with Crippen LogP contribution in [0.4, 0.5) is 13.2 Å². The van der Waals surface area contributed by atoms with Gasteiger partial charge in [0.25, 0.3) is 0 Å². The van der Waals surface area contributed by atoms with E-state index in [-0.39, 0.29) is 0 Å². The fourth-order valence-electron chi connectivity index (χ4n) is 1.94. The van der Waals surface area contributed by atoms with Crippen LogP contribution in [0.3, 0.4) is 0 Å². The van der Waals surface area contributed by atoms with Gasteiger partial charge < -0.3 is 0 Å². The molecule has 1 saturated carbocycles. The first-order chi connectivity index (χ1) is 8.50. The van der Waals surface area contributed by atoms with Crippen LogP contribution in [0.25, 0.3) is 0 Å². The van der Waals surface area contributed by atoms with Gasteiger partial charge in [-0.2, -0.15) is 13.2 Å². The van der Waals surface area contributed by atoms with Gasteiger partial charge in [0.05, 0.1) is 10.4 Å². The highest BCUT2D eigenvalue weighted by atomic mass is 32.1. The van der Waals surface area contributed by atoms with Gasteiger partial charge in [0.15, 0.2) is 5.69 Å². The summed E-state index contributed by atoms with van der Waals surface area (Å²) in [7, 11) is 0. The number of aromatic nitrogens is 1. The van der Waals surface area contributed by atoms with Crippen molar-refractivity contribution in [1.29, 1.82) is 0 Å². The van der Waals surface area contributed by atoms with E-state index in [0.717, 1.165) is 36.8 Å². The smallest absolute Gasteiger partial charge is 0.298 e. The standard InChI is InChI=1S/C12H17F3N2S/c1-2-17(6-5-9-3-4-9)7-10-11(12(13,14)15)16-8-18-10/h8-9H,2-7H2,1H3. The van der Waals surface area contributed by atoms with Crippen LogP contribution in [-0.2, 0) is 12.7 Å². The van der Waals surface area contributed by atoms with Crippen molar-refractivity contribution in [2.24, 2.45) is 5.92 Å². The van der Waals surface area contributed by atoms with E-state index in [4.69, 9.17) is 0 Å². The highest BCUT2D eigenvalue weighted by Crippen LogP contribution is 2.34. The molecule has 0 spiro atoms. The van der Waals surface area contributed by atoms with Gasteiger partial charge in [-0.1, -0.05) is 19.8 Å². The molecule has 0 aliphatic heterocycles. The van der Waals surface area contributed by atoms with E-state index in [1.54, 1.807) is 0 Å². The number of hydrogen-bond donors (Lipinski definition) is 0. The molecule has 0 bridgehead atoms. The minimum absolute atomic E-state index is 0.333. The summed E-state index contributed by atoms with van der Waals surface area (Å²) in [6.07, 6.45) is -0.656. The van der Waals surface area contributed by atoms with E-state index < -0.39 is 11.9 Å². The molecule has 6 heteroatoms. The van der Waals surface area contributed by atoms with Gasteiger partial charge in [0.1, 0.15) is 0 Å². The lowest BCUT2D eigenvalue weighted by Crippen LogP contribution is -2.25. The van der Waals surface area contributed by atoms with Crippen molar-refractivity contribution in [1.82, 2.24) is 9.88 Å². The Bertz CT molecular complexity index is 385. The number of nitrogens with zero attached hydrogens (tertiary/aromatic N) is 2. The lowest BCUT2D eigenvalue weighted by Gasteiger charge is -2.20. The first-order valence-electron chi connectivity index (χ1n) is 6.22. The first-order valence-corrected chi connectivity index (χ1v) is 7.10. The summed E-state index contributed by atoms with van der Waals surface area (Å²) in [5, 5.41) is 0. The van der Waals surface area contributed by atoms with Crippen molar-refractivity contribution in [2.75, 3.05) is 13.1 Å². The van der Waals surface area contributed by atoms with Crippen LogP contribution >= 0.6 is 11.3 Å². The van der Waals surface area contributed by atoms with Crippen LogP contribution in [0, 0.1) is 5.92 Å². The predicted molar refractivity (Wildman–Crippen MR) is 65.4 cm³/mol. The molecule has 0 radical (unpaired) electrons. The van der Waals surface area contributed by atoms with Gasteiger partial charge in [0, 0.05) is 6.54 Å². The molecular formula is C12H17F3N2S. The third-order valence-electron chi connectivity index (χ3n) is 3.27. The lowest BCUT2D eigenvalue weighted by atomic mass is 10.2. The van der Waals surface area contributed by atoms with Crippen molar-refractivity contribution in [3.63, 3.8) is 0 Å². The Labute approximate surface area is 109 Å². The van der Waals surface area contributed by atoms with E-state index in [0.29, 0.717) is 11.4 Å². The molecule has 1 heterocycles. The minimum Gasteiger partial charge on any atom is -0.298 e. The van der Waals surface area contributed by atoms with E-state index in [1.165, 1.54) is 18.4 Å². The van der Waals surface area contributed by atoms with E-state index >= 15 is 0 Å². The number of rotatable bonds is 6. The SMILES string of the molecule is CCN(CCC1CC1)Cc1scnc1C(F)(F)F. The Morgan fingerprint density at radius 3 is 2.72 bits per heavy atom. The molecule has 2 rings (SSSR count). The number of hydrogen-bond acceptors (Lipinski definition) is 3. The number of thiazole rings is 1. The molecule has 2 nitrogen and oxygen atoms in total. The van der Waals surface area contributed by atoms with Crippen molar-refractivity contribution in [3.8, 4) is 0 Å². The van der Waals surface area contributed by atoms with Crippen LogP contribution < -0.4 is 0 Å². The maximum Gasteiger partial charge on any atom is 0.434 e. The van der Waals surface area contributed by atoms with Gasteiger partial charge in [-0.05, 0) is 25.4 Å². The molecule has 0 unspecified atom stereocenters. The summed E-state index contributed by atoms with van der Waals surface area (Å²) < 4.78 is 38.1. The quantitative estimate of drug-likeness (QED) is 0.787. The predicted octanol–water partition coefficient (Wildman–Crippen LogP) is 3.78.